The zero-order valence-electron chi connectivity index (χ0n) is 10.2. The van der Waals surface area contributed by atoms with Crippen molar-refractivity contribution in [3.63, 3.8) is 0 Å². The van der Waals surface area contributed by atoms with Crippen LogP contribution in [0.2, 0.25) is 0 Å². The van der Waals surface area contributed by atoms with Gasteiger partial charge in [-0.15, -0.1) is 0 Å². The Balaban J connectivity index is 2.41. The minimum Gasteiger partial charge on any atom is -0.465 e. The number of rotatable bonds is 3. The van der Waals surface area contributed by atoms with Gasteiger partial charge in [0.25, 0.3) is 0 Å². The van der Waals surface area contributed by atoms with Crippen LogP contribution < -0.4 is 11.1 Å². The topological polar surface area (TPSA) is 82.2 Å². The molecule has 0 aromatic carbocycles. The standard InChI is InChI=1S/C11H18N4O2/c1-13-10-8(11(16)17-2)9(12)15(14-10)7-5-3-4-6-7/h7H,3-6,12H2,1-2H3,(H,13,14). The van der Waals surface area contributed by atoms with Crippen molar-refractivity contribution in [3.8, 4) is 0 Å². The highest BCUT2D eigenvalue weighted by Gasteiger charge is 2.27. The third-order valence-electron chi connectivity index (χ3n) is 3.24. The second-order valence-electron chi connectivity index (χ2n) is 4.23. The van der Waals surface area contributed by atoms with Gasteiger partial charge in [0.15, 0.2) is 5.82 Å². The second kappa shape index (κ2) is 4.65. The lowest BCUT2D eigenvalue weighted by molar-refractivity contribution is 0.0603. The van der Waals surface area contributed by atoms with Gasteiger partial charge in [0, 0.05) is 7.05 Å². The monoisotopic (exact) mass is 238 g/mol. The van der Waals surface area contributed by atoms with Crippen LogP contribution in [0.15, 0.2) is 0 Å². The van der Waals surface area contributed by atoms with Crippen molar-refractivity contribution >= 4 is 17.6 Å². The largest absolute Gasteiger partial charge is 0.465 e. The lowest BCUT2D eigenvalue weighted by atomic mass is 10.2. The fourth-order valence-electron chi connectivity index (χ4n) is 2.35. The number of ether oxygens (including phenoxy) is 1. The first-order valence-electron chi connectivity index (χ1n) is 5.83. The van der Waals surface area contributed by atoms with Crippen molar-refractivity contribution in [2.24, 2.45) is 0 Å². The Hall–Kier alpha value is -1.72. The number of nitrogens with two attached hydrogens (primary N) is 1. The summed E-state index contributed by atoms with van der Waals surface area (Å²) in [5.74, 6) is 0.436. The Morgan fingerprint density at radius 3 is 2.71 bits per heavy atom. The number of esters is 1. The average Bonchev–Trinajstić information content (AvgIpc) is 2.95. The van der Waals surface area contributed by atoms with Crippen molar-refractivity contribution in [2.75, 3.05) is 25.2 Å². The molecule has 0 spiro atoms. The van der Waals surface area contributed by atoms with Gasteiger partial charge in [-0.05, 0) is 12.8 Å². The number of nitrogen functional groups attached to an aromatic ring is 1. The summed E-state index contributed by atoms with van der Waals surface area (Å²) < 4.78 is 6.48. The minimum atomic E-state index is -0.448. The van der Waals surface area contributed by atoms with Crippen LogP contribution in [0.25, 0.3) is 0 Å². The van der Waals surface area contributed by atoms with Crippen LogP contribution in [0.3, 0.4) is 0 Å². The maximum atomic E-state index is 11.6. The number of carbonyl (C=O) groups is 1. The molecular weight excluding hydrogens is 220 g/mol. The molecule has 1 aliphatic carbocycles. The van der Waals surface area contributed by atoms with Crippen molar-refractivity contribution in [2.45, 2.75) is 31.7 Å². The molecule has 0 bridgehead atoms. The zero-order chi connectivity index (χ0) is 12.4. The van der Waals surface area contributed by atoms with E-state index in [0.29, 0.717) is 23.2 Å². The van der Waals surface area contributed by atoms with Gasteiger partial charge in [0.05, 0.1) is 13.2 Å². The number of carbonyl (C=O) groups excluding carboxylic acids is 1. The maximum absolute atomic E-state index is 11.6. The molecule has 1 saturated carbocycles. The molecule has 3 N–H and O–H groups in total. The Labute approximate surface area is 100 Å². The van der Waals surface area contributed by atoms with Crippen molar-refractivity contribution in [1.82, 2.24) is 9.78 Å². The van der Waals surface area contributed by atoms with E-state index in [1.807, 2.05) is 0 Å². The summed E-state index contributed by atoms with van der Waals surface area (Å²) in [4.78, 5) is 11.6. The van der Waals surface area contributed by atoms with Crippen LogP contribution in [0.4, 0.5) is 11.6 Å². The van der Waals surface area contributed by atoms with E-state index in [2.05, 4.69) is 10.4 Å². The van der Waals surface area contributed by atoms with Gasteiger partial charge in [0.1, 0.15) is 11.4 Å². The summed E-state index contributed by atoms with van der Waals surface area (Å²) in [6.45, 7) is 0. The highest BCUT2D eigenvalue weighted by molar-refractivity contribution is 5.99. The molecule has 94 valence electrons. The molecule has 0 atom stereocenters. The molecule has 0 unspecified atom stereocenters. The predicted molar refractivity (Wildman–Crippen MR) is 65.0 cm³/mol. The van der Waals surface area contributed by atoms with Gasteiger partial charge >= 0.3 is 5.97 Å². The van der Waals surface area contributed by atoms with Gasteiger partial charge in [-0.25, -0.2) is 9.48 Å². The highest BCUT2D eigenvalue weighted by Crippen LogP contribution is 2.34. The van der Waals surface area contributed by atoms with E-state index in [-0.39, 0.29) is 0 Å². The molecule has 17 heavy (non-hydrogen) atoms. The zero-order valence-corrected chi connectivity index (χ0v) is 10.2. The number of aromatic nitrogens is 2. The van der Waals surface area contributed by atoms with Crippen molar-refractivity contribution in [1.29, 1.82) is 0 Å². The molecule has 0 aliphatic heterocycles. The minimum absolute atomic E-state index is 0.306. The van der Waals surface area contributed by atoms with Crippen LogP contribution in [0, 0.1) is 0 Å². The van der Waals surface area contributed by atoms with E-state index < -0.39 is 5.97 Å². The van der Waals surface area contributed by atoms with Crippen LogP contribution in [0.5, 0.6) is 0 Å². The Morgan fingerprint density at radius 1 is 1.53 bits per heavy atom. The van der Waals surface area contributed by atoms with Crippen LogP contribution >= 0.6 is 0 Å². The lowest BCUT2D eigenvalue weighted by Crippen LogP contribution is -2.12. The second-order valence-corrected chi connectivity index (χ2v) is 4.23. The van der Waals surface area contributed by atoms with E-state index in [1.165, 1.54) is 20.0 Å². The SMILES string of the molecule is CNc1nn(C2CCCC2)c(N)c1C(=O)OC. The fourth-order valence-corrected chi connectivity index (χ4v) is 2.35. The van der Waals surface area contributed by atoms with E-state index in [9.17, 15) is 4.79 Å². The molecule has 6 heteroatoms. The summed E-state index contributed by atoms with van der Waals surface area (Å²) in [6, 6.07) is 0.306. The Morgan fingerprint density at radius 2 is 2.18 bits per heavy atom. The number of hydrogen-bond donors (Lipinski definition) is 2. The quantitative estimate of drug-likeness (QED) is 0.778. The molecule has 1 aromatic heterocycles. The number of anilines is 2. The first-order chi connectivity index (χ1) is 8.19. The smallest absolute Gasteiger partial charge is 0.345 e. The van der Waals surface area contributed by atoms with Gasteiger partial charge < -0.3 is 15.8 Å². The average molecular weight is 238 g/mol. The summed E-state index contributed by atoms with van der Waals surface area (Å²) in [5, 5.41) is 7.24. The first-order valence-corrected chi connectivity index (χ1v) is 5.83. The molecule has 0 saturated heterocycles. The van der Waals surface area contributed by atoms with Gasteiger partial charge in [-0.1, -0.05) is 12.8 Å². The van der Waals surface area contributed by atoms with E-state index in [1.54, 1.807) is 11.7 Å². The summed E-state index contributed by atoms with van der Waals surface area (Å²) in [5.41, 5.74) is 6.33. The molecule has 1 aliphatic rings. The first kappa shape index (κ1) is 11.8. The number of nitrogens with zero attached hydrogens (tertiary/aromatic N) is 2. The maximum Gasteiger partial charge on any atom is 0.345 e. The third kappa shape index (κ3) is 1.94. The molecule has 0 amide bonds. The van der Waals surface area contributed by atoms with Crippen molar-refractivity contribution < 1.29 is 9.53 Å². The van der Waals surface area contributed by atoms with Gasteiger partial charge in [0.2, 0.25) is 0 Å². The molecule has 1 fully saturated rings. The normalized spacial score (nSPS) is 16.1. The molecule has 1 heterocycles. The Bertz CT molecular complexity index is 421. The van der Waals surface area contributed by atoms with Crippen LogP contribution in [-0.2, 0) is 4.74 Å². The van der Waals surface area contributed by atoms with Gasteiger partial charge in [-0.3, -0.25) is 0 Å². The summed E-state index contributed by atoms with van der Waals surface area (Å²) in [6.07, 6.45) is 4.50. The molecule has 2 rings (SSSR count). The molecule has 6 nitrogen and oxygen atoms in total. The van der Waals surface area contributed by atoms with E-state index in [0.717, 1.165) is 12.8 Å². The number of nitrogens with one attached hydrogen (secondary N) is 1. The summed E-state index contributed by atoms with van der Waals surface area (Å²) >= 11 is 0. The number of methoxy groups -OCH3 is 1. The number of hydrogen-bond acceptors (Lipinski definition) is 5. The highest BCUT2D eigenvalue weighted by atomic mass is 16.5. The van der Waals surface area contributed by atoms with Crippen molar-refractivity contribution in [3.05, 3.63) is 5.56 Å². The van der Waals surface area contributed by atoms with Crippen LogP contribution in [-0.4, -0.2) is 29.9 Å². The van der Waals surface area contributed by atoms with Crippen LogP contribution in [0.1, 0.15) is 42.1 Å². The Kier molecular flexibility index (Phi) is 3.21. The van der Waals surface area contributed by atoms with Gasteiger partial charge in [-0.2, -0.15) is 5.10 Å². The van der Waals surface area contributed by atoms with E-state index >= 15 is 0 Å². The summed E-state index contributed by atoms with van der Waals surface area (Å²) in [7, 11) is 3.06. The predicted octanol–water partition coefficient (Wildman–Crippen LogP) is 1.41. The third-order valence-corrected chi connectivity index (χ3v) is 3.24. The molecular formula is C11H18N4O2. The molecule has 1 aromatic rings. The van der Waals surface area contributed by atoms with E-state index in [4.69, 9.17) is 10.5 Å². The molecule has 0 radical (unpaired) electrons. The lowest BCUT2D eigenvalue weighted by Gasteiger charge is -2.11. The fraction of sp³-hybridized carbons (Fsp3) is 0.636.